The molecule has 7 aromatic rings. The van der Waals surface area contributed by atoms with E-state index in [1.165, 1.54) is 4.57 Å². The van der Waals surface area contributed by atoms with Crippen LogP contribution >= 0.6 is 0 Å². The van der Waals surface area contributed by atoms with Gasteiger partial charge in [0.05, 0.1) is 36.0 Å². The van der Waals surface area contributed by atoms with Gasteiger partial charge in [-0.1, -0.05) is 34.4 Å². The molecule has 0 spiro atoms. The Kier molecular flexibility index (Phi) is 14.6. The van der Waals surface area contributed by atoms with Crippen molar-refractivity contribution in [3.63, 3.8) is 0 Å². The molecule has 0 aliphatic carbocycles. The maximum Gasteiger partial charge on any atom is 0.406 e. The molecule has 14 nitrogen and oxygen atoms in total. The first-order chi connectivity index (χ1) is 33.8. The van der Waals surface area contributed by atoms with Crippen LogP contribution < -0.4 is 25.7 Å². The lowest BCUT2D eigenvalue weighted by Gasteiger charge is -2.33. The predicted octanol–water partition coefficient (Wildman–Crippen LogP) is 8.82. The third-order valence-electron chi connectivity index (χ3n) is 12.9. The van der Waals surface area contributed by atoms with Crippen molar-refractivity contribution >= 4 is 22.3 Å². The van der Waals surface area contributed by atoms with Gasteiger partial charge in [-0.15, -0.1) is 0 Å². The van der Waals surface area contributed by atoms with Gasteiger partial charge in [0, 0.05) is 65.7 Å². The van der Waals surface area contributed by atoms with Crippen molar-refractivity contribution in [3.8, 4) is 34.5 Å². The molecular weight excluding hydrogens is 907 g/mol. The van der Waals surface area contributed by atoms with E-state index in [1.54, 1.807) is 41.0 Å². The molecule has 0 unspecified atom stereocenters. The third kappa shape index (κ3) is 11.8. The Hall–Kier alpha value is -7.10. The van der Waals surface area contributed by atoms with Crippen molar-refractivity contribution in [1.82, 2.24) is 34.2 Å². The first-order valence-electron chi connectivity index (χ1n) is 23.5. The quantitative estimate of drug-likeness (QED) is 0.0707. The molecule has 6 heterocycles. The largest absolute Gasteiger partial charge is 0.492 e. The molecule has 2 saturated heterocycles. The number of halogens is 4. The van der Waals surface area contributed by atoms with Crippen LogP contribution in [0.25, 0.3) is 22.0 Å². The first kappa shape index (κ1) is 47.9. The van der Waals surface area contributed by atoms with Crippen LogP contribution in [0.2, 0.25) is 0 Å². The number of aromatic nitrogens is 5. The summed E-state index contributed by atoms with van der Waals surface area (Å²) in [5.41, 5.74) is 5.27. The van der Waals surface area contributed by atoms with Crippen molar-refractivity contribution in [2.45, 2.75) is 77.1 Å². The van der Waals surface area contributed by atoms with Crippen molar-refractivity contribution in [2.75, 3.05) is 63.6 Å². The van der Waals surface area contributed by atoms with Crippen LogP contribution in [0.15, 0.2) is 105 Å². The molecule has 2 aliphatic heterocycles. The number of hydrogen-bond donors (Lipinski definition) is 2. The highest BCUT2D eigenvalue weighted by molar-refractivity contribution is 5.94. The monoisotopic (exact) mass is 961 g/mol. The Morgan fingerprint density at radius 2 is 1.71 bits per heavy atom. The van der Waals surface area contributed by atoms with Crippen LogP contribution in [0.1, 0.15) is 59.6 Å². The van der Waals surface area contributed by atoms with Gasteiger partial charge in [-0.05, 0) is 125 Å². The van der Waals surface area contributed by atoms with E-state index < -0.39 is 24.9 Å². The maximum absolute atomic E-state index is 14.9. The number of ether oxygens (including phenoxy) is 2. The fraction of sp³-hybridized carbons (Fsp3) is 0.385. The summed E-state index contributed by atoms with van der Waals surface area (Å²) in [6.45, 7) is 7.23. The highest BCUT2D eigenvalue weighted by Crippen LogP contribution is 2.33. The van der Waals surface area contributed by atoms with Crippen LogP contribution in [0, 0.1) is 25.7 Å². The van der Waals surface area contributed by atoms with Crippen LogP contribution in [-0.2, 0) is 19.7 Å². The van der Waals surface area contributed by atoms with E-state index in [1.807, 2.05) is 80.5 Å². The third-order valence-corrected chi connectivity index (χ3v) is 12.9. The summed E-state index contributed by atoms with van der Waals surface area (Å²) in [5.74, 6) is 9.18. The minimum atomic E-state index is -4.46. The lowest BCUT2D eigenvalue weighted by atomic mass is 9.96. The molecule has 0 amide bonds. The number of likely N-dealkylation sites (tertiary alicyclic amines) is 2. The van der Waals surface area contributed by atoms with Crippen LogP contribution in [0.3, 0.4) is 0 Å². The summed E-state index contributed by atoms with van der Waals surface area (Å²) in [4.78, 5) is 21.7. The van der Waals surface area contributed by atoms with Gasteiger partial charge >= 0.3 is 6.18 Å². The van der Waals surface area contributed by atoms with E-state index in [2.05, 4.69) is 42.7 Å². The number of nitrogens with one attached hydrogen (secondary N) is 2. The fourth-order valence-electron chi connectivity index (χ4n) is 9.21. The zero-order valence-electron chi connectivity index (χ0n) is 39.3. The summed E-state index contributed by atoms with van der Waals surface area (Å²) in [6, 6.07) is 24.7. The summed E-state index contributed by atoms with van der Waals surface area (Å²) < 4.78 is 81.9. The first-order valence-corrected chi connectivity index (χ1v) is 23.5. The minimum Gasteiger partial charge on any atom is -0.492 e. The van der Waals surface area contributed by atoms with Gasteiger partial charge < -0.3 is 43.2 Å². The van der Waals surface area contributed by atoms with E-state index in [4.69, 9.17) is 18.5 Å². The lowest BCUT2D eigenvalue weighted by Crippen LogP contribution is -2.46. The van der Waals surface area contributed by atoms with Gasteiger partial charge in [0.2, 0.25) is 0 Å². The van der Waals surface area contributed by atoms with Gasteiger partial charge in [-0.2, -0.15) is 18.2 Å². The van der Waals surface area contributed by atoms with Gasteiger partial charge in [0.1, 0.15) is 36.6 Å². The highest BCUT2D eigenvalue weighted by atomic mass is 19.4. The Morgan fingerprint density at radius 3 is 2.49 bits per heavy atom. The molecule has 3 aromatic carbocycles. The van der Waals surface area contributed by atoms with E-state index in [-0.39, 0.29) is 30.3 Å². The normalized spacial score (nSPS) is 17.1. The summed E-state index contributed by atoms with van der Waals surface area (Å²) in [6.07, 6.45) is -1.39. The predicted molar refractivity (Wildman–Crippen MR) is 258 cm³/mol. The number of fused-ring (bicyclic) bond motifs is 1. The molecule has 0 saturated carbocycles. The minimum absolute atomic E-state index is 0.115. The molecule has 366 valence electrons. The second-order valence-electron chi connectivity index (χ2n) is 18.0. The van der Waals surface area contributed by atoms with E-state index in [0.29, 0.717) is 65.9 Å². The average molecular weight is 962 g/mol. The van der Waals surface area contributed by atoms with Crippen molar-refractivity contribution in [1.29, 1.82) is 0 Å². The van der Waals surface area contributed by atoms with Crippen molar-refractivity contribution in [3.05, 3.63) is 136 Å². The summed E-state index contributed by atoms with van der Waals surface area (Å²) in [5, 5.41) is 15.4. The number of piperidine rings is 2. The van der Waals surface area contributed by atoms with Gasteiger partial charge in [-0.3, -0.25) is 9.69 Å². The Balaban J connectivity index is 0.706. The number of benzene rings is 3. The molecule has 70 heavy (non-hydrogen) atoms. The second-order valence-corrected chi connectivity index (χ2v) is 18.0. The molecule has 2 fully saturated rings. The van der Waals surface area contributed by atoms with Crippen molar-refractivity contribution in [2.24, 2.45) is 0 Å². The number of pyridine rings is 1. The molecule has 2 aliphatic rings. The zero-order valence-corrected chi connectivity index (χ0v) is 39.3. The Morgan fingerprint density at radius 1 is 0.900 bits per heavy atom. The number of nitrogens with zero attached hydrogens (tertiary/aromatic N) is 7. The summed E-state index contributed by atoms with van der Waals surface area (Å²) in [7, 11) is 1.87. The number of rotatable bonds is 16. The molecule has 2 atom stereocenters. The number of hydrogen-bond acceptors (Lipinski definition) is 12. The molecule has 9 rings (SSSR count). The molecular formula is C52H55F4N9O5. The van der Waals surface area contributed by atoms with Gasteiger partial charge in [-0.25, -0.2) is 4.39 Å². The van der Waals surface area contributed by atoms with Crippen LogP contribution in [0.4, 0.5) is 28.9 Å². The molecule has 18 heteroatoms. The number of aryl methyl sites for hydroxylation is 2. The van der Waals surface area contributed by atoms with Crippen LogP contribution in [-0.4, -0.2) is 106 Å². The molecule has 4 aromatic heterocycles. The maximum atomic E-state index is 14.9. The van der Waals surface area contributed by atoms with Crippen molar-refractivity contribution < 1.29 is 36.1 Å². The SMILES string of the molecule is Cc1noc(C)c1-c1ccc(=O)n(Cc2cccc(OCc3nc(C4CCN(CCOc5ccc(NCC#Cc6cc7c(N[C@@H]8CCN(C)C[C@@H]8F)cccc7n6CC(F)(F)F)cc5)CC4)no3)c2)c1. The number of alkyl halides is 4. The van der Waals surface area contributed by atoms with Crippen LogP contribution in [0.5, 0.6) is 11.5 Å². The average Bonchev–Trinajstić information content (AvgIpc) is 4.06. The second kappa shape index (κ2) is 21.3. The lowest BCUT2D eigenvalue weighted by molar-refractivity contribution is -0.140. The van der Waals surface area contributed by atoms with Gasteiger partial charge in [0.15, 0.2) is 12.4 Å². The van der Waals surface area contributed by atoms with E-state index in [0.717, 1.165) is 72.8 Å². The summed E-state index contributed by atoms with van der Waals surface area (Å²) >= 11 is 0. The van der Waals surface area contributed by atoms with E-state index in [9.17, 15) is 22.4 Å². The smallest absolute Gasteiger partial charge is 0.406 e. The van der Waals surface area contributed by atoms with Gasteiger partial charge in [0.25, 0.3) is 11.4 Å². The standard InChI is InChI=1S/C52H55F4N9O5/c1-34-50(35(2)69-60-34)38-12-17-49(66)64(30-38)29-36-7-4-9-42(27-36)68-32-48-59-51(61-70-48)37-18-23-63(24-19-37)25-26-67-41-15-13-39(14-16-41)57-21-6-8-40-28-43-45(58-46-20-22-62(3)31-44(46)53)10-5-11-47(43)65(40)33-52(54,55)56/h4-5,7,9-17,27-28,30,37,44,46,57-58H,18-26,29,31-33H2,1-3H3/t44-,46+/m0/s1. The number of anilines is 2. The topological polar surface area (TPSA) is 141 Å². The molecule has 0 bridgehead atoms. The Bertz CT molecular complexity index is 3000. The fourth-order valence-corrected chi connectivity index (χ4v) is 9.21. The highest BCUT2D eigenvalue weighted by Gasteiger charge is 2.31. The zero-order chi connectivity index (χ0) is 48.8. The van der Waals surface area contributed by atoms with E-state index >= 15 is 0 Å². The molecule has 2 N–H and O–H groups in total. The molecule has 0 radical (unpaired) electrons. The Labute approximate surface area is 402 Å².